The Morgan fingerprint density at radius 3 is 1.33 bits per heavy atom. The van der Waals surface area contributed by atoms with Gasteiger partial charge in [0.1, 0.15) is 0 Å². The maximum atomic E-state index is 5.70. The molecule has 528 valence electrons. The highest BCUT2D eigenvalue weighted by Crippen LogP contribution is 2.39. The molecule has 0 radical (unpaired) electrons. The number of fused-ring (bicyclic) bond motifs is 7. The molecule has 0 aromatic heterocycles. The van der Waals surface area contributed by atoms with E-state index in [-0.39, 0.29) is 7.43 Å². The van der Waals surface area contributed by atoms with E-state index in [1.165, 1.54) is 265 Å². The van der Waals surface area contributed by atoms with E-state index in [2.05, 4.69) is 146 Å². The van der Waals surface area contributed by atoms with Gasteiger partial charge in [-0.05, 0) is 307 Å². The summed E-state index contributed by atoms with van der Waals surface area (Å²) in [6, 6.07) is 10.3. The van der Waals surface area contributed by atoms with Crippen LogP contribution >= 0.6 is 0 Å². The summed E-state index contributed by atoms with van der Waals surface area (Å²) in [5.41, 5.74) is 0. The van der Waals surface area contributed by atoms with Gasteiger partial charge in [0.15, 0.2) is 0 Å². The summed E-state index contributed by atoms with van der Waals surface area (Å²) in [5.74, 6) is 4.94. The van der Waals surface area contributed by atoms with Gasteiger partial charge in [0.2, 0.25) is 0 Å². The second-order valence-corrected chi connectivity index (χ2v) is 33.2. The van der Waals surface area contributed by atoms with Crippen LogP contribution in [0.2, 0.25) is 0 Å². The summed E-state index contributed by atoms with van der Waals surface area (Å²) in [4.78, 5) is 24.0. The fourth-order valence-electron chi connectivity index (χ4n) is 19.9. The summed E-state index contributed by atoms with van der Waals surface area (Å²) in [6.45, 7) is 56.6. The third-order valence-corrected chi connectivity index (χ3v) is 25.3. The Morgan fingerprint density at radius 2 is 0.744 bits per heavy atom. The molecule has 0 spiro atoms. The molecule has 0 aromatic carbocycles. The van der Waals surface area contributed by atoms with Gasteiger partial charge in [0.05, 0.1) is 12.7 Å². The molecule has 12 atom stereocenters. The molecule has 2 aliphatic carbocycles. The van der Waals surface area contributed by atoms with Crippen LogP contribution in [0.3, 0.4) is 0 Å². The molecule has 14 aliphatic rings. The minimum atomic E-state index is 0. The second kappa shape index (κ2) is 39.8. The second-order valence-electron chi connectivity index (χ2n) is 33.2. The maximum absolute atomic E-state index is 5.70. The van der Waals surface area contributed by atoms with Crippen molar-refractivity contribution < 1.29 is 9.47 Å². The van der Waals surface area contributed by atoms with Crippen molar-refractivity contribution in [1.29, 1.82) is 0 Å². The van der Waals surface area contributed by atoms with Crippen LogP contribution in [0.25, 0.3) is 0 Å². The van der Waals surface area contributed by atoms with Crippen LogP contribution in [0, 0.1) is 29.6 Å². The van der Waals surface area contributed by atoms with Crippen molar-refractivity contribution in [3.8, 4) is 0 Å². The third kappa shape index (κ3) is 22.8. The first kappa shape index (κ1) is 76.9. The topological polar surface area (TPSA) is 59.7 Å². The summed E-state index contributed by atoms with van der Waals surface area (Å²) >= 11 is 0. The first-order chi connectivity index (χ1) is 43.0. The van der Waals surface area contributed by atoms with Gasteiger partial charge in [-0.15, -0.1) is 0 Å². The number of nitrogens with one attached hydrogen (secondary N) is 1. The molecule has 12 heterocycles. The fourth-order valence-corrected chi connectivity index (χ4v) is 19.9. The predicted octanol–water partition coefficient (Wildman–Crippen LogP) is 14.3. The quantitative estimate of drug-likeness (QED) is 0.264. The van der Waals surface area contributed by atoms with Crippen LogP contribution in [-0.2, 0) is 9.47 Å². The van der Waals surface area contributed by atoms with E-state index in [0.717, 1.165) is 116 Å². The molecule has 0 bridgehead atoms. The van der Waals surface area contributed by atoms with E-state index in [1.54, 1.807) is 0 Å². The van der Waals surface area contributed by atoms with Gasteiger partial charge in [-0.2, -0.15) is 0 Å². The van der Waals surface area contributed by atoms with Gasteiger partial charge in [-0.1, -0.05) is 46.0 Å². The standard InChI is InChI=1S/2C12H23N.2C11H22N2.C11H21NO.C10H20N2.C10H19NO.CH4/c1-10(2)13-9-5-7-11-6-3-4-8-12(11)13;1-10(2)13-8-7-11-5-3-4-6-12(11)9-13;1-9(2)13-7-3-4-10-8-12-6-5-11(10)13;1-10(2)13-8-7-12-6-4-3-5-11(12)9-13;1-9(2)12-6-3-4-10-8-13-7-5-11(10)12;1-9(2)12-7-6-11-5-3-4-10(11)8-12;1-8(2)11-6-3-4-10-9(11)5-7-12-10;/h2*10-12H,3-9H2,1-2H3;9-12H,3-8H2,1-2H3;10-11H,3-9H2,1-2H3;9-11H,3-8H2,1-2H3;9-10H,3-8H2,1-2H3;8-10H,3-7H2,1-2H3;1H4. The van der Waals surface area contributed by atoms with Crippen LogP contribution in [0.4, 0.5) is 0 Å². The number of likely N-dealkylation sites (tertiary alicyclic amines) is 5. The molecule has 90 heavy (non-hydrogen) atoms. The van der Waals surface area contributed by atoms with Crippen LogP contribution in [0.5, 0.6) is 0 Å². The molecule has 14 fully saturated rings. The van der Waals surface area contributed by atoms with Gasteiger partial charge >= 0.3 is 0 Å². The van der Waals surface area contributed by atoms with Gasteiger partial charge in [0.25, 0.3) is 0 Å². The van der Waals surface area contributed by atoms with Crippen molar-refractivity contribution in [3.05, 3.63) is 0 Å². The molecule has 2 saturated carbocycles. The number of hydrogen-bond acceptors (Lipinski definition) is 12. The monoisotopic (exact) mass is 1260 g/mol. The van der Waals surface area contributed by atoms with Gasteiger partial charge in [-0.25, -0.2) is 0 Å². The fraction of sp³-hybridized carbons (Fsp3) is 1.00. The van der Waals surface area contributed by atoms with Crippen molar-refractivity contribution in [2.45, 2.75) is 350 Å². The Labute approximate surface area is 559 Å². The Bertz CT molecular complexity index is 1750. The van der Waals surface area contributed by atoms with E-state index < -0.39 is 0 Å². The van der Waals surface area contributed by atoms with E-state index in [0.29, 0.717) is 18.2 Å². The maximum Gasteiger partial charge on any atom is 0.0731 e. The van der Waals surface area contributed by atoms with Crippen LogP contribution in [-0.4, -0.2) is 253 Å². The Balaban J connectivity index is 0.000000149. The molecule has 1 N–H and O–H groups in total. The molecule has 12 nitrogen and oxygen atoms in total. The average molecular weight is 1260 g/mol. The van der Waals surface area contributed by atoms with E-state index >= 15 is 0 Å². The van der Waals surface area contributed by atoms with Gasteiger partial charge < -0.3 is 19.7 Å². The SMILES string of the molecule is C.CC(C)N1CCC2CCCCC2C1.CC(C)N1CCCC2CCCCC21.CC(C)N1CCCC2CNCCC21.CC(C)N1CCCC2COCCC21.CC(C)N1CCCC2OCCC21.CC(C)N1CCN2CCCC2C1.CC(C)N1CCN2CCCCC2C1. The molecular weight excluding hydrogens is 1110 g/mol. The number of piperazine rings is 2. The molecule has 0 amide bonds. The highest BCUT2D eigenvalue weighted by molar-refractivity contribution is 4.94. The highest BCUT2D eigenvalue weighted by Gasteiger charge is 2.40. The predicted molar refractivity (Wildman–Crippen MR) is 386 cm³/mol. The zero-order valence-electron chi connectivity index (χ0n) is 61.4. The van der Waals surface area contributed by atoms with Crippen molar-refractivity contribution in [2.75, 3.05) is 125 Å². The highest BCUT2D eigenvalue weighted by atomic mass is 16.5. The lowest BCUT2D eigenvalue weighted by Crippen LogP contribution is -2.56. The van der Waals surface area contributed by atoms with E-state index in [1.807, 2.05) is 0 Å². The molecule has 12 aliphatic heterocycles. The lowest BCUT2D eigenvalue weighted by molar-refractivity contribution is -0.0458. The lowest BCUT2D eigenvalue weighted by Gasteiger charge is -2.46. The summed E-state index contributed by atoms with van der Waals surface area (Å²) < 4.78 is 11.2. The molecule has 12 saturated heterocycles. The minimum Gasteiger partial charge on any atom is -0.381 e. The largest absolute Gasteiger partial charge is 0.381 e. The molecule has 14 rings (SSSR count). The number of piperidine rings is 7. The van der Waals surface area contributed by atoms with Crippen molar-refractivity contribution in [3.63, 3.8) is 0 Å². The minimum absolute atomic E-state index is 0. The van der Waals surface area contributed by atoms with Crippen LogP contribution in [0.1, 0.15) is 265 Å². The summed E-state index contributed by atoms with van der Waals surface area (Å²) in [6.07, 6.45) is 36.2. The average Bonchev–Trinajstić information content (AvgIpc) is 3.04. The van der Waals surface area contributed by atoms with E-state index in [4.69, 9.17) is 9.47 Å². The first-order valence-electron chi connectivity index (χ1n) is 39.6. The summed E-state index contributed by atoms with van der Waals surface area (Å²) in [7, 11) is 0. The Kier molecular flexibility index (Phi) is 34.0. The smallest absolute Gasteiger partial charge is 0.0731 e. The number of rotatable bonds is 7. The zero-order valence-corrected chi connectivity index (χ0v) is 61.4. The lowest BCUT2D eigenvalue weighted by atomic mass is 9.75. The summed E-state index contributed by atoms with van der Waals surface area (Å²) in [5, 5.41) is 3.52. The van der Waals surface area contributed by atoms with Crippen LogP contribution < -0.4 is 5.32 Å². The normalized spacial score (nSPS) is 34.9. The first-order valence-corrected chi connectivity index (χ1v) is 39.6. The third-order valence-electron chi connectivity index (χ3n) is 25.3. The molecule has 0 aromatic rings. The van der Waals surface area contributed by atoms with Crippen LogP contribution in [0.15, 0.2) is 0 Å². The van der Waals surface area contributed by atoms with Crippen molar-refractivity contribution in [1.82, 2.24) is 49.4 Å². The van der Waals surface area contributed by atoms with Gasteiger partial charge in [0, 0.05) is 138 Å². The van der Waals surface area contributed by atoms with Crippen molar-refractivity contribution >= 4 is 0 Å². The number of hydrogen-bond donors (Lipinski definition) is 1. The molecular formula is C78H154N10O2. The Morgan fingerprint density at radius 1 is 0.311 bits per heavy atom. The Hall–Kier alpha value is -0.480. The number of nitrogens with zero attached hydrogens (tertiary/aromatic N) is 9. The number of ether oxygens (including phenoxy) is 2. The van der Waals surface area contributed by atoms with Crippen molar-refractivity contribution in [2.24, 2.45) is 29.6 Å². The zero-order chi connectivity index (χ0) is 63.4. The molecule has 12 heteroatoms. The van der Waals surface area contributed by atoms with Gasteiger partial charge in [-0.3, -0.25) is 39.2 Å². The molecule has 12 unspecified atom stereocenters. The van der Waals surface area contributed by atoms with E-state index in [9.17, 15) is 0 Å².